The summed E-state index contributed by atoms with van der Waals surface area (Å²) in [5.74, 6) is 0.000131. The molecule has 4 rings (SSSR count). The van der Waals surface area contributed by atoms with E-state index in [9.17, 15) is 9.59 Å². The van der Waals surface area contributed by atoms with Crippen LogP contribution in [-0.2, 0) is 9.59 Å². The highest BCUT2D eigenvalue weighted by molar-refractivity contribution is 7.11. The molecule has 0 saturated carbocycles. The van der Waals surface area contributed by atoms with Gasteiger partial charge < -0.3 is 14.8 Å². The molecule has 2 heterocycles. The third-order valence-electron chi connectivity index (χ3n) is 5.01. The first-order valence-corrected chi connectivity index (χ1v) is 10.6. The molecule has 3 aromatic rings. The van der Waals surface area contributed by atoms with Gasteiger partial charge in [0.2, 0.25) is 0 Å². The molecule has 0 saturated heterocycles. The van der Waals surface area contributed by atoms with E-state index in [1.54, 1.807) is 30.3 Å². The van der Waals surface area contributed by atoms with Gasteiger partial charge in [0, 0.05) is 21.7 Å². The first-order chi connectivity index (χ1) is 15.0. The number of nitrogens with zero attached hydrogens (tertiary/aromatic N) is 1. The molecule has 0 spiro atoms. The van der Waals surface area contributed by atoms with Crippen LogP contribution in [0.1, 0.15) is 10.4 Å². The molecule has 0 unspecified atom stereocenters. The van der Waals surface area contributed by atoms with E-state index < -0.39 is 11.8 Å². The summed E-state index contributed by atoms with van der Waals surface area (Å²) < 4.78 is 10.7. The number of carbonyl (C=O) groups excluding carboxylic acids is 2. The van der Waals surface area contributed by atoms with E-state index in [-0.39, 0.29) is 5.70 Å². The fourth-order valence-corrected chi connectivity index (χ4v) is 4.30. The van der Waals surface area contributed by atoms with Crippen LogP contribution >= 0.6 is 22.9 Å². The number of amides is 2. The normalized spacial score (nSPS) is 13.7. The van der Waals surface area contributed by atoms with Crippen LogP contribution in [-0.4, -0.2) is 26.0 Å². The van der Waals surface area contributed by atoms with Crippen LogP contribution in [0.4, 0.5) is 11.4 Å². The monoisotopic (exact) mass is 454 g/mol. The molecule has 2 aromatic carbocycles. The van der Waals surface area contributed by atoms with Crippen molar-refractivity contribution >= 4 is 51.7 Å². The average molecular weight is 455 g/mol. The number of hydrogen-bond acceptors (Lipinski definition) is 6. The van der Waals surface area contributed by atoms with E-state index in [4.69, 9.17) is 21.1 Å². The van der Waals surface area contributed by atoms with E-state index >= 15 is 0 Å². The Balaban J connectivity index is 1.83. The number of nitrogens with one attached hydrogen (secondary N) is 1. The minimum atomic E-state index is -0.476. The maximum absolute atomic E-state index is 13.5. The molecule has 1 aliphatic rings. The number of anilines is 2. The maximum atomic E-state index is 13.5. The molecular formula is C23H19ClN2O4S. The topological polar surface area (TPSA) is 67.9 Å². The third-order valence-corrected chi connectivity index (χ3v) is 6.30. The number of halogens is 1. The van der Waals surface area contributed by atoms with Crippen LogP contribution in [0.2, 0.25) is 5.02 Å². The Morgan fingerprint density at radius 2 is 1.81 bits per heavy atom. The van der Waals surface area contributed by atoms with Crippen molar-refractivity contribution < 1.29 is 19.1 Å². The standard InChI is InChI=1S/C23H19ClN2O4S/c1-13-15(24)6-4-7-16(13)25-21-20(19-8-5-11-31-19)22(27)26(23(21)28)17-10-9-14(29-2)12-18(17)30-3/h4-12,25H,1-3H3. The Bertz CT molecular complexity index is 1200. The Morgan fingerprint density at radius 3 is 2.48 bits per heavy atom. The Hall–Kier alpha value is -3.29. The van der Waals surface area contributed by atoms with Gasteiger partial charge in [0.05, 0.1) is 25.5 Å². The molecule has 0 fully saturated rings. The molecule has 0 atom stereocenters. The summed E-state index contributed by atoms with van der Waals surface area (Å²) in [6, 6.07) is 14.0. The van der Waals surface area contributed by atoms with Gasteiger partial charge in [0.15, 0.2) is 0 Å². The maximum Gasteiger partial charge on any atom is 0.282 e. The highest BCUT2D eigenvalue weighted by Gasteiger charge is 2.42. The van der Waals surface area contributed by atoms with Gasteiger partial charge in [-0.3, -0.25) is 9.59 Å². The quantitative estimate of drug-likeness (QED) is 0.523. The highest BCUT2D eigenvalue weighted by atomic mass is 35.5. The summed E-state index contributed by atoms with van der Waals surface area (Å²) in [5.41, 5.74) is 2.27. The lowest BCUT2D eigenvalue weighted by atomic mass is 10.1. The number of hydrogen-bond donors (Lipinski definition) is 1. The first-order valence-electron chi connectivity index (χ1n) is 9.37. The molecule has 0 aliphatic carbocycles. The molecule has 6 nitrogen and oxygen atoms in total. The second-order valence-electron chi connectivity index (χ2n) is 6.75. The Labute approximate surface area is 188 Å². The van der Waals surface area contributed by atoms with Crippen LogP contribution in [0, 0.1) is 6.92 Å². The highest BCUT2D eigenvalue weighted by Crippen LogP contribution is 2.40. The lowest BCUT2D eigenvalue weighted by Gasteiger charge is -2.19. The van der Waals surface area contributed by atoms with Crippen molar-refractivity contribution in [2.24, 2.45) is 0 Å². The van der Waals surface area contributed by atoms with E-state index in [2.05, 4.69) is 5.32 Å². The van der Waals surface area contributed by atoms with Crippen molar-refractivity contribution in [1.29, 1.82) is 0 Å². The number of imide groups is 1. The molecule has 1 aliphatic heterocycles. The molecule has 1 N–H and O–H groups in total. The Kier molecular flexibility index (Phi) is 5.71. The van der Waals surface area contributed by atoms with Gasteiger partial charge >= 0.3 is 0 Å². The van der Waals surface area contributed by atoms with Gasteiger partial charge in [0.1, 0.15) is 17.2 Å². The van der Waals surface area contributed by atoms with E-state index in [1.165, 1.54) is 25.6 Å². The molecule has 2 amide bonds. The minimum Gasteiger partial charge on any atom is -0.497 e. The summed E-state index contributed by atoms with van der Waals surface area (Å²) >= 11 is 7.63. The van der Waals surface area contributed by atoms with Gasteiger partial charge in [-0.15, -0.1) is 11.3 Å². The number of methoxy groups -OCH3 is 2. The van der Waals surface area contributed by atoms with Crippen molar-refractivity contribution in [3.05, 3.63) is 75.1 Å². The molecule has 1 aromatic heterocycles. The zero-order chi connectivity index (χ0) is 22.1. The summed E-state index contributed by atoms with van der Waals surface area (Å²) in [7, 11) is 3.01. The van der Waals surface area contributed by atoms with Crippen LogP contribution in [0.25, 0.3) is 5.57 Å². The number of ether oxygens (including phenoxy) is 2. The van der Waals surface area contributed by atoms with Crippen LogP contribution in [0.3, 0.4) is 0 Å². The minimum absolute atomic E-state index is 0.190. The molecule has 158 valence electrons. The smallest absolute Gasteiger partial charge is 0.282 e. The molecular weight excluding hydrogens is 436 g/mol. The first kappa shape index (κ1) is 21.0. The summed E-state index contributed by atoms with van der Waals surface area (Å²) in [4.78, 5) is 28.8. The second-order valence-corrected chi connectivity index (χ2v) is 8.10. The summed E-state index contributed by atoms with van der Waals surface area (Å²) in [6.07, 6.45) is 0. The van der Waals surface area contributed by atoms with Crippen molar-refractivity contribution in [2.75, 3.05) is 24.4 Å². The van der Waals surface area contributed by atoms with Crippen molar-refractivity contribution in [3.63, 3.8) is 0 Å². The van der Waals surface area contributed by atoms with E-state index in [0.29, 0.717) is 38.3 Å². The average Bonchev–Trinajstić information content (AvgIpc) is 3.38. The fourth-order valence-electron chi connectivity index (χ4n) is 3.36. The third kappa shape index (κ3) is 3.66. The molecule has 0 bridgehead atoms. The number of benzene rings is 2. The zero-order valence-electron chi connectivity index (χ0n) is 17.1. The predicted octanol–water partition coefficient (Wildman–Crippen LogP) is 5.12. The Morgan fingerprint density at radius 1 is 1.00 bits per heavy atom. The SMILES string of the molecule is COc1ccc(N2C(=O)C(Nc3cccc(Cl)c3C)=C(c3cccs3)C2=O)c(OC)c1. The lowest BCUT2D eigenvalue weighted by Crippen LogP contribution is -2.32. The number of thiophene rings is 1. The van der Waals surface area contributed by atoms with E-state index in [0.717, 1.165) is 10.5 Å². The van der Waals surface area contributed by atoms with Crippen LogP contribution in [0.15, 0.2) is 59.6 Å². The predicted molar refractivity (Wildman–Crippen MR) is 123 cm³/mol. The zero-order valence-corrected chi connectivity index (χ0v) is 18.6. The number of rotatable bonds is 6. The van der Waals surface area contributed by atoms with Crippen LogP contribution < -0.4 is 19.7 Å². The number of carbonyl (C=O) groups is 2. The van der Waals surface area contributed by atoms with Gasteiger partial charge in [-0.05, 0) is 48.2 Å². The van der Waals surface area contributed by atoms with E-state index in [1.807, 2.05) is 30.5 Å². The molecule has 8 heteroatoms. The van der Waals surface area contributed by atoms with Gasteiger partial charge in [-0.2, -0.15) is 0 Å². The van der Waals surface area contributed by atoms with Crippen LogP contribution in [0.5, 0.6) is 11.5 Å². The van der Waals surface area contributed by atoms with Gasteiger partial charge in [0.25, 0.3) is 11.8 Å². The lowest BCUT2D eigenvalue weighted by molar-refractivity contribution is -0.120. The van der Waals surface area contributed by atoms with Crippen molar-refractivity contribution in [2.45, 2.75) is 6.92 Å². The summed E-state index contributed by atoms with van der Waals surface area (Å²) in [6.45, 7) is 1.85. The van der Waals surface area contributed by atoms with Gasteiger partial charge in [-0.25, -0.2) is 4.90 Å². The van der Waals surface area contributed by atoms with Crippen molar-refractivity contribution in [3.8, 4) is 11.5 Å². The summed E-state index contributed by atoms with van der Waals surface area (Å²) in [5, 5.41) is 5.58. The second kappa shape index (κ2) is 8.45. The fraction of sp³-hybridized carbons (Fsp3) is 0.130. The largest absolute Gasteiger partial charge is 0.497 e. The van der Waals surface area contributed by atoms with Crippen molar-refractivity contribution in [1.82, 2.24) is 0 Å². The van der Waals surface area contributed by atoms with Gasteiger partial charge in [-0.1, -0.05) is 23.7 Å². The molecule has 0 radical (unpaired) electrons. The molecule has 31 heavy (non-hydrogen) atoms.